The minimum atomic E-state index is 0.795. The van der Waals surface area contributed by atoms with Crippen molar-refractivity contribution in [3.63, 3.8) is 0 Å². The fourth-order valence-electron chi connectivity index (χ4n) is 3.90. The van der Waals surface area contributed by atoms with E-state index in [0.29, 0.717) is 0 Å². The Balaban J connectivity index is 1.70. The Morgan fingerprint density at radius 2 is 1.94 bits per heavy atom. The molecule has 0 aromatic heterocycles. The first-order valence-electron chi connectivity index (χ1n) is 7.87. The molecule has 0 amide bonds. The summed E-state index contributed by atoms with van der Waals surface area (Å²) in [5.41, 5.74) is 0. The summed E-state index contributed by atoms with van der Waals surface area (Å²) in [6.45, 7) is 9.54. The van der Waals surface area contributed by atoms with Gasteiger partial charge in [-0.25, -0.2) is 0 Å². The van der Waals surface area contributed by atoms with Crippen LogP contribution < -0.4 is 5.32 Å². The van der Waals surface area contributed by atoms with E-state index in [0.717, 1.165) is 29.6 Å². The maximum Gasteiger partial charge on any atom is -0.00177 e. The van der Waals surface area contributed by atoms with Gasteiger partial charge >= 0.3 is 0 Å². The summed E-state index contributed by atoms with van der Waals surface area (Å²) < 4.78 is 0. The molecule has 17 heavy (non-hydrogen) atoms. The summed E-state index contributed by atoms with van der Waals surface area (Å²) >= 11 is 0. The van der Waals surface area contributed by atoms with Crippen LogP contribution >= 0.6 is 0 Å². The fraction of sp³-hybridized carbons (Fsp3) is 1.00. The molecule has 1 heteroatoms. The van der Waals surface area contributed by atoms with Crippen molar-refractivity contribution in [2.75, 3.05) is 13.1 Å². The highest BCUT2D eigenvalue weighted by molar-refractivity contribution is 4.89. The highest BCUT2D eigenvalue weighted by Gasteiger charge is 2.37. The van der Waals surface area contributed by atoms with Crippen molar-refractivity contribution in [3.8, 4) is 0 Å². The van der Waals surface area contributed by atoms with Crippen molar-refractivity contribution >= 4 is 0 Å². The Bertz CT molecular complexity index is 224. The molecule has 0 heterocycles. The first-order valence-corrected chi connectivity index (χ1v) is 7.87. The monoisotopic (exact) mass is 237 g/mol. The summed E-state index contributed by atoms with van der Waals surface area (Å²) in [7, 11) is 0. The lowest BCUT2D eigenvalue weighted by molar-refractivity contribution is 0.0652. The normalized spacial score (nSPS) is 38.1. The van der Waals surface area contributed by atoms with Crippen LogP contribution in [-0.4, -0.2) is 13.1 Å². The van der Waals surface area contributed by atoms with Gasteiger partial charge in [-0.1, -0.05) is 40.0 Å². The summed E-state index contributed by atoms with van der Waals surface area (Å²) in [5.74, 6) is 4.93. The summed E-state index contributed by atoms with van der Waals surface area (Å²) in [6, 6.07) is 0. The summed E-state index contributed by atoms with van der Waals surface area (Å²) in [6.07, 6.45) is 9.03. The standard InChI is InChI=1S/C16H31N/c1-12(2)10-17-11-15-7-8-16(15)14-6-4-5-13(3)9-14/h12-17H,4-11H2,1-3H3. The molecule has 2 saturated carbocycles. The van der Waals surface area contributed by atoms with Crippen molar-refractivity contribution in [2.24, 2.45) is 29.6 Å². The van der Waals surface area contributed by atoms with Crippen LogP contribution in [0.4, 0.5) is 0 Å². The van der Waals surface area contributed by atoms with E-state index in [-0.39, 0.29) is 0 Å². The van der Waals surface area contributed by atoms with Crippen molar-refractivity contribution in [3.05, 3.63) is 0 Å². The second kappa shape index (κ2) is 6.22. The zero-order chi connectivity index (χ0) is 12.3. The second-order valence-corrected chi connectivity index (χ2v) is 7.09. The van der Waals surface area contributed by atoms with Gasteiger partial charge in [0.1, 0.15) is 0 Å². The number of nitrogens with one attached hydrogen (secondary N) is 1. The smallest absolute Gasteiger partial charge is 0.00177 e. The Kier molecular flexibility index (Phi) is 4.90. The van der Waals surface area contributed by atoms with Crippen molar-refractivity contribution < 1.29 is 0 Å². The van der Waals surface area contributed by atoms with Crippen LogP contribution in [0.25, 0.3) is 0 Å². The lowest BCUT2D eigenvalue weighted by atomic mass is 9.62. The van der Waals surface area contributed by atoms with Gasteiger partial charge in [0.25, 0.3) is 0 Å². The van der Waals surface area contributed by atoms with Gasteiger partial charge in [0.2, 0.25) is 0 Å². The van der Waals surface area contributed by atoms with Crippen LogP contribution in [0.3, 0.4) is 0 Å². The molecule has 100 valence electrons. The van der Waals surface area contributed by atoms with Crippen LogP contribution in [0.2, 0.25) is 0 Å². The van der Waals surface area contributed by atoms with E-state index < -0.39 is 0 Å². The summed E-state index contributed by atoms with van der Waals surface area (Å²) in [5, 5.41) is 3.67. The molecule has 4 unspecified atom stereocenters. The minimum absolute atomic E-state index is 0.795. The number of hydrogen-bond donors (Lipinski definition) is 1. The first-order chi connectivity index (χ1) is 8.16. The lowest BCUT2D eigenvalue weighted by Crippen LogP contribution is -2.41. The van der Waals surface area contributed by atoms with E-state index in [1.54, 1.807) is 0 Å². The molecule has 0 bridgehead atoms. The molecule has 2 fully saturated rings. The van der Waals surface area contributed by atoms with Crippen LogP contribution in [0.1, 0.15) is 59.3 Å². The van der Waals surface area contributed by atoms with Gasteiger partial charge < -0.3 is 5.32 Å². The van der Waals surface area contributed by atoms with Crippen LogP contribution in [0.5, 0.6) is 0 Å². The third-order valence-electron chi connectivity index (χ3n) is 5.02. The highest BCUT2D eigenvalue weighted by atomic mass is 14.9. The van der Waals surface area contributed by atoms with Gasteiger partial charge in [-0.05, 0) is 61.9 Å². The SMILES string of the molecule is CC(C)CNCC1CCC1C1CCCC(C)C1. The maximum absolute atomic E-state index is 3.67. The predicted molar refractivity (Wildman–Crippen MR) is 75.0 cm³/mol. The molecule has 2 aliphatic carbocycles. The number of rotatable bonds is 5. The van der Waals surface area contributed by atoms with Crippen molar-refractivity contribution in [2.45, 2.75) is 59.3 Å². The predicted octanol–water partition coefficient (Wildman–Crippen LogP) is 4.08. The molecule has 0 radical (unpaired) electrons. The number of hydrogen-bond acceptors (Lipinski definition) is 1. The van der Waals surface area contributed by atoms with Gasteiger partial charge in [-0.15, -0.1) is 0 Å². The van der Waals surface area contributed by atoms with Gasteiger partial charge in [0, 0.05) is 0 Å². The summed E-state index contributed by atoms with van der Waals surface area (Å²) in [4.78, 5) is 0. The maximum atomic E-state index is 3.67. The molecule has 0 aromatic rings. The van der Waals surface area contributed by atoms with Crippen LogP contribution in [0, 0.1) is 29.6 Å². The Hall–Kier alpha value is -0.0400. The van der Waals surface area contributed by atoms with E-state index in [9.17, 15) is 0 Å². The topological polar surface area (TPSA) is 12.0 Å². The van der Waals surface area contributed by atoms with E-state index in [2.05, 4.69) is 26.1 Å². The zero-order valence-electron chi connectivity index (χ0n) is 12.0. The molecule has 1 nitrogen and oxygen atoms in total. The molecule has 1 N–H and O–H groups in total. The van der Waals surface area contributed by atoms with E-state index in [1.807, 2.05) is 0 Å². The Labute approximate surface area is 108 Å². The Morgan fingerprint density at radius 1 is 1.12 bits per heavy atom. The van der Waals surface area contributed by atoms with Crippen LogP contribution in [0.15, 0.2) is 0 Å². The highest BCUT2D eigenvalue weighted by Crippen LogP contribution is 2.46. The third kappa shape index (κ3) is 3.71. The molecule has 4 atom stereocenters. The van der Waals surface area contributed by atoms with Gasteiger partial charge in [0.05, 0.1) is 0 Å². The average molecular weight is 237 g/mol. The molecule has 2 rings (SSSR count). The zero-order valence-corrected chi connectivity index (χ0v) is 12.0. The lowest BCUT2D eigenvalue weighted by Gasteiger charge is -2.45. The fourth-order valence-corrected chi connectivity index (χ4v) is 3.90. The molecule has 0 aromatic carbocycles. The molecular formula is C16H31N. The average Bonchev–Trinajstić information content (AvgIpc) is 2.22. The minimum Gasteiger partial charge on any atom is -0.316 e. The van der Waals surface area contributed by atoms with E-state index >= 15 is 0 Å². The molecular weight excluding hydrogens is 206 g/mol. The second-order valence-electron chi connectivity index (χ2n) is 7.09. The van der Waals surface area contributed by atoms with E-state index in [4.69, 9.17) is 0 Å². The first kappa shape index (κ1) is 13.4. The third-order valence-corrected chi connectivity index (χ3v) is 5.02. The molecule has 2 aliphatic rings. The quantitative estimate of drug-likeness (QED) is 0.759. The van der Waals surface area contributed by atoms with Gasteiger partial charge in [0.15, 0.2) is 0 Å². The van der Waals surface area contributed by atoms with E-state index in [1.165, 1.54) is 51.6 Å². The Morgan fingerprint density at radius 3 is 2.53 bits per heavy atom. The van der Waals surface area contributed by atoms with Crippen molar-refractivity contribution in [1.82, 2.24) is 5.32 Å². The molecule has 0 saturated heterocycles. The van der Waals surface area contributed by atoms with Gasteiger partial charge in [-0.2, -0.15) is 0 Å². The van der Waals surface area contributed by atoms with Crippen molar-refractivity contribution in [1.29, 1.82) is 0 Å². The molecule has 0 aliphatic heterocycles. The largest absolute Gasteiger partial charge is 0.316 e. The molecule has 0 spiro atoms. The van der Waals surface area contributed by atoms with Gasteiger partial charge in [-0.3, -0.25) is 0 Å². The van der Waals surface area contributed by atoms with Crippen LogP contribution in [-0.2, 0) is 0 Å².